The van der Waals surface area contributed by atoms with E-state index >= 15 is 0 Å². The van der Waals surface area contributed by atoms with E-state index in [1.165, 1.54) is 0 Å². The Morgan fingerprint density at radius 1 is 1.44 bits per heavy atom. The summed E-state index contributed by atoms with van der Waals surface area (Å²) in [6.45, 7) is 6.64. The third-order valence-corrected chi connectivity index (χ3v) is 4.59. The number of nitrogens with zero attached hydrogens (tertiary/aromatic N) is 1. The molecule has 100 valence electrons. The fourth-order valence-corrected chi connectivity index (χ4v) is 2.69. The highest BCUT2D eigenvalue weighted by Crippen LogP contribution is 2.33. The second-order valence-electron chi connectivity index (χ2n) is 4.94. The van der Waals surface area contributed by atoms with Crippen molar-refractivity contribution in [3.8, 4) is 0 Å². The Hall–Kier alpha value is -0.740. The topological polar surface area (TPSA) is 29.3 Å². The van der Waals surface area contributed by atoms with E-state index in [-0.39, 0.29) is 5.54 Å². The summed E-state index contributed by atoms with van der Waals surface area (Å²) in [5.41, 5.74) is 8.09. The van der Waals surface area contributed by atoms with Crippen LogP contribution in [0.3, 0.4) is 0 Å². The molecule has 0 aliphatic heterocycles. The fourth-order valence-electron chi connectivity index (χ4n) is 1.78. The van der Waals surface area contributed by atoms with E-state index in [9.17, 15) is 0 Å². The molecule has 0 saturated heterocycles. The highest BCUT2D eigenvalue weighted by atomic mass is 32.2. The Balaban J connectivity index is 3.36. The molecule has 0 radical (unpaired) electrons. The van der Waals surface area contributed by atoms with Crippen molar-refractivity contribution in [3.05, 3.63) is 23.8 Å². The highest BCUT2D eigenvalue weighted by molar-refractivity contribution is 7.98. The molecule has 0 aromatic heterocycles. The largest absolute Gasteiger partial charge is 0.389 e. The lowest BCUT2D eigenvalue weighted by Crippen LogP contribution is -2.41. The molecule has 1 aromatic rings. The number of nitrogens with two attached hydrogens (primary N) is 1. The lowest BCUT2D eigenvalue weighted by atomic mass is 9.98. The van der Waals surface area contributed by atoms with Gasteiger partial charge < -0.3 is 10.6 Å². The smallest absolute Gasteiger partial charge is 0.107 e. The summed E-state index contributed by atoms with van der Waals surface area (Å²) in [6.07, 6.45) is 3.11. The second kappa shape index (κ2) is 5.93. The predicted molar refractivity (Wildman–Crippen MR) is 86.9 cm³/mol. The summed E-state index contributed by atoms with van der Waals surface area (Å²) >= 11 is 6.90. The number of rotatable bonds is 5. The van der Waals surface area contributed by atoms with Gasteiger partial charge in [0, 0.05) is 28.7 Å². The zero-order chi connectivity index (χ0) is 13.9. The first-order chi connectivity index (χ1) is 8.35. The Morgan fingerprint density at radius 3 is 2.50 bits per heavy atom. The minimum absolute atomic E-state index is 0.0799. The average Bonchev–Trinajstić information content (AvgIpc) is 2.36. The van der Waals surface area contributed by atoms with Gasteiger partial charge in [0.15, 0.2) is 0 Å². The lowest BCUT2D eigenvalue weighted by molar-refractivity contribution is 0.470. The van der Waals surface area contributed by atoms with Crippen LogP contribution in [0.5, 0.6) is 0 Å². The normalized spacial score (nSPS) is 11.4. The molecule has 4 heteroatoms. The van der Waals surface area contributed by atoms with Crippen LogP contribution in [0.25, 0.3) is 0 Å². The monoisotopic (exact) mass is 282 g/mol. The van der Waals surface area contributed by atoms with Gasteiger partial charge in [-0.1, -0.05) is 25.2 Å². The van der Waals surface area contributed by atoms with Crippen LogP contribution >= 0.6 is 24.0 Å². The third-order valence-electron chi connectivity index (χ3n) is 3.61. The van der Waals surface area contributed by atoms with Crippen molar-refractivity contribution >= 4 is 34.7 Å². The molecule has 1 aromatic carbocycles. The van der Waals surface area contributed by atoms with Gasteiger partial charge in [0.2, 0.25) is 0 Å². The van der Waals surface area contributed by atoms with Crippen LogP contribution in [0.2, 0.25) is 0 Å². The first-order valence-electron chi connectivity index (χ1n) is 6.05. The maximum Gasteiger partial charge on any atom is 0.107 e. The average molecular weight is 282 g/mol. The van der Waals surface area contributed by atoms with Crippen LogP contribution < -0.4 is 10.6 Å². The molecule has 2 nitrogen and oxygen atoms in total. The van der Waals surface area contributed by atoms with E-state index in [1.807, 2.05) is 6.26 Å². The highest BCUT2D eigenvalue weighted by Gasteiger charge is 2.24. The SMILES string of the molecule is CCC(C)(C)N(C)c1cccc(SC)c1C(N)=S. The first kappa shape index (κ1) is 15.3. The van der Waals surface area contributed by atoms with Gasteiger partial charge in [-0.15, -0.1) is 11.8 Å². The van der Waals surface area contributed by atoms with Crippen molar-refractivity contribution in [2.45, 2.75) is 37.6 Å². The molecule has 2 N–H and O–H groups in total. The van der Waals surface area contributed by atoms with Gasteiger partial charge in [-0.2, -0.15) is 0 Å². The number of hydrogen-bond acceptors (Lipinski definition) is 3. The molecule has 1 rings (SSSR count). The van der Waals surface area contributed by atoms with Crippen molar-refractivity contribution in [3.63, 3.8) is 0 Å². The van der Waals surface area contributed by atoms with Crippen LogP contribution in [-0.4, -0.2) is 23.8 Å². The summed E-state index contributed by atoms with van der Waals surface area (Å²) in [6, 6.07) is 6.21. The number of hydrogen-bond donors (Lipinski definition) is 1. The van der Waals surface area contributed by atoms with Gasteiger partial charge in [-0.05, 0) is 38.7 Å². The molecule has 0 unspecified atom stereocenters. The molecule has 0 aliphatic rings. The third kappa shape index (κ3) is 2.98. The summed E-state index contributed by atoms with van der Waals surface area (Å²) in [7, 11) is 2.10. The lowest BCUT2D eigenvalue weighted by Gasteiger charge is -2.38. The number of benzene rings is 1. The number of anilines is 1. The Morgan fingerprint density at radius 2 is 2.06 bits per heavy atom. The molecule has 0 saturated carbocycles. The maximum atomic E-state index is 5.90. The van der Waals surface area contributed by atoms with Crippen molar-refractivity contribution in [2.75, 3.05) is 18.2 Å². The molecule has 0 heterocycles. The van der Waals surface area contributed by atoms with Crippen LogP contribution in [0.15, 0.2) is 23.1 Å². The van der Waals surface area contributed by atoms with E-state index in [0.29, 0.717) is 4.99 Å². The van der Waals surface area contributed by atoms with Crippen LogP contribution in [-0.2, 0) is 0 Å². The minimum Gasteiger partial charge on any atom is -0.389 e. The van der Waals surface area contributed by atoms with E-state index < -0.39 is 0 Å². The van der Waals surface area contributed by atoms with Crippen molar-refractivity contribution in [1.82, 2.24) is 0 Å². The second-order valence-corrected chi connectivity index (χ2v) is 6.23. The van der Waals surface area contributed by atoms with E-state index in [1.54, 1.807) is 11.8 Å². The summed E-state index contributed by atoms with van der Waals surface area (Å²) < 4.78 is 0. The quantitative estimate of drug-likeness (QED) is 0.659. The van der Waals surface area contributed by atoms with Gasteiger partial charge >= 0.3 is 0 Å². The molecule has 0 amide bonds. The van der Waals surface area contributed by atoms with Crippen LogP contribution in [0, 0.1) is 0 Å². The van der Waals surface area contributed by atoms with E-state index in [4.69, 9.17) is 18.0 Å². The van der Waals surface area contributed by atoms with E-state index in [0.717, 1.165) is 22.6 Å². The van der Waals surface area contributed by atoms with Gasteiger partial charge in [0.05, 0.1) is 0 Å². The standard InChI is InChI=1S/C14H22N2S2/c1-6-14(2,3)16(4)10-8-7-9-11(18-5)12(10)13(15)17/h7-9H,6H2,1-5H3,(H2,15,17). The zero-order valence-corrected chi connectivity index (χ0v) is 13.4. The Bertz CT molecular complexity index is 441. The Kier molecular flexibility index (Phi) is 5.05. The molecule has 0 spiro atoms. The van der Waals surface area contributed by atoms with Crippen molar-refractivity contribution in [1.29, 1.82) is 0 Å². The Labute approximate surface area is 120 Å². The fraction of sp³-hybridized carbons (Fsp3) is 0.500. The number of thioether (sulfide) groups is 1. The van der Waals surface area contributed by atoms with Crippen LogP contribution in [0.4, 0.5) is 5.69 Å². The van der Waals surface area contributed by atoms with Gasteiger partial charge in [0.25, 0.3) is 0 Å². The van der Waals surface area contributed by atoms with Crippen molar-refractivity contribution in [2.24, 2.45) is 5.73 Å². The molecular formula is C14H22N2S2. The molecule has 0 atom stereocenters. The number of thiocarbonyl (C=S) groups is 1. The summed E-state index contributed by atoms with van der Waals surface area (Å²) in [4.78, 5) is 3.87. The molecule has 0 bridgehead atoms. The minimum atomic E-state index is 0.0799. The first-order valence-corrected chi connectivity index (χ1v) is 7.69. The summed E-state index contributed by atoms with van der Waals surface area (Å²) in [5.74, 6) is 0. The van der Waals surface area contributed by atoms with Gasteiger partial charge in [0.1, 0.15) is 4.99 Å². The molecule has 18 heavy (non-hydrogen) atoms. The van der Waals surface area contributed by atoms with Crippen molar-refractivity contribution < 1.29 is 0 Å². The van der Waals surface area contributed by atoms with Gasteiger partial charge in [-0.25, -0.2) is 0 Å². The molecule has 0 aliphatic carbocycles. The van der Waals surface area contributed by atoms with Crippen LogP contribution in [0.1, 0.15) is 32.8 Å². The molecular weight excluding hydrogens is 260 g/mol. The van der Waals surface area contributed by atoms with Gasteiger partial charge in [-0.3, -0.25) is 0 Å². The van der Waals surface area contributed by atoms with E-state index in [2.05, 4.69) is 50.9 Å². The maximum absolute atomic E-state index is 5.90. The molecule has 0 fully saturated rings. The predicted octanol–water partition coefficient (Wildman–Crippen LogP) is 3.67. The zero-order valence-electron chi connectivity index (χ0n) is 11.8. The summed E-state index contributed by atoms with van der Waals surface area (Å²) in [5, 5.41) is 0.